The highest BCUT2D eigenvalue weighted by Crippen LogP contribution is 2.54. The molecule has 0 unspecified atom stereocenters. The first-order valence-electron chi connectivity index (χ1n) is 40.7. The summed E-state index contributed by atoms with van der Waals surface area (Å²) in [5.41, 5.74) is 34.0. The van der Waals surface area contributed by atoms with E-state index in [1.54, 1.807) is 0 Å². The van der Waals surface area contributed by atoms with Crippen LogP contribution < -0.4 is 26.2 Å². The topological polar surface area (TPSA) is 21.3 Å². The Morgan fingerprint density at radius 2 is 0.571 bits per heavy atom. The van der Waals surface area contributed by atoms with E-state index < -0.39 is 0 Å². The van der Waals surface area contributed by atoms with E-state index in [0.29, 0.717) is 0 Å². The van der Waals surface area contributed by atoms with Gasteiger partial charge in [-0.3, -0.25) is 0 Å². The number of hydrogen-bond acceptors (Lipinski definition) is 2. The molecular weight excluding hydrogens is 1350 g/mol. The molecule has 0 fully saturated rings. The van der Waals surface area contributed by atoms with Crippen LogP contribution in [-0.4, -0.2) is 20.4 Å². The maximum absolute atomic E-state index is 2.75. The summed E-state index contributed by atoms with van der Waals surface area (Å²) in [7, 11) is 0. The zero-order valence-corrected chi connectivity index (χ0v) is 69.6. The molecule has 13 aromatic carbocycles. The Labute approximate surface area is 664 Å². The number of hydrogen-bond donors (Lipinski definition) is 0. The molecule has 6 heteroatoms. The van der Waals surface area contributed by atoms with E-state index in [4.69, 9.17) is 0 Å². The molecule has 112 heavy (non-hydrogen) atoms. The Morgan fingerprint density at radius 3 is 0.991 bits per heavy atom. The maximum atomic E-state index is 2.75. The summed E-state index contributed by atoms with van der Waals surface area (Å²) in [6.45, 7) is 49.8. The first kappa shape index (κ1) is 72.5. The van der Waals surface area contributed by atoms with Gasteiger partial charge >= 0.3 is 0 Å². The van der Waals surface area contributed by atoms with Gasteiger partial charge in [0, 0.05) is 83.3 Å². The summed E-state index contributed by atoms with van der Waals surface area (Å²) >= 11 is 0. The van der Waals surface area contributed by atoms with Crippen LogP contribution in [0.5, 0.6) is 0 Å². The van der Waals surface area contributed by atoms with Gasteiger partial charge in [-0.2, -0.15) is 0 Å². The highest BCUT2D eigenvalue weighted by molar-refractivity contribution is 7.00. The third-order valence-corrected chi connectivity index (χ3v) is 24.6. The van der Waals surface area contributed by atoms with Crippen LogP contribution in [0.3, 0.4) is 0 Å². The molecule has 0 atom stereocenters. The Hall–Kier alpha value is -11.1. The number of anilines is 6. The smallest absolute Gasteiger partial charge is 0.252 e. The monoisotopic (exact) mass is 1460 g/mol. The fourth-order valence-corrected chi connectivity index (χ4v) is 18.2. The van der Waals surface area contributed by atoms with Crippen LogP contribution in [0.25, 0.3) is 105 Å². The number of nitrogens with zero attached hydrogens (tertiary/aromatic N) is 5. The third-order valence-electron chi connectivity index (χ3n) is 24.6. The minimum Gasteiger partial charge on any atom is -0.311 e. The molecule has 0 bridgehead atoms. The van der Waals surface area contributed by atoms with Crippen LogP contribution in [0.4, 0.5) is 34.1 Å². The van der Waals surface area contributed by atoms with Gasteiger partial charge in [-0.25, -0.2) is 0 Å². The number of aromatic nitrogens is 3. The molecule has 0 aliphatic carbocycles. The quantitative estimate of drug-likeness (QED) is 0.148. The second kappa shape index (κ2) is 25.2. The van der Waals surface area contributed by atoms with Crippen LogP contribution in [0.15, 0.2) is 261 Å². The van der Waals surface area contributed by atoms with Crippen molar-refractivity contribution < 1.29 is 0 Å². The lowest BCUT2D eigenvalue weighted by Gasteiger charge is -2.46. The first-order chi connectivity index (χ1) is 53.0. The van der Waals surface area contributed by atoms with Crippen molar-refractivity contribution in [2.45, 2.75) is 183 Å². The molecular formula is C106H106BN5. The number of benzene rings is 13. The van der Waals surface area contributed by atoms with Gasteiger partial charge < -0.3 is 23.5 Å². The second-order valence-corrected chi connectivity index (χ2v) is 39.6. The zero-order chi connectivity index (χ0) is 78.6. The van der Waals surface area contributed by atoms with Crippen molar-refractivity contribution in [2.75, 3.05) is 9.80 Å². The lowest BCUT2D eigenvalue weighted by molar-refractivity contribution is 0.568. The number of rotatable bonds is 7. The van der Waals surface area contributed by atoms with Gasteiger partial charge in [-0.05, 0) is 207 Å². The van der Waals surface area contributed by atoms with Gasteiger partial charge in [0.05, 0.1) is 44.5 Å². The van der Waals surface area contributed by atoms with Gasteiger partial charge in [-0.1, -0.05) is 303 Å². The molecule has 0 saturated heterocycles. The summed E-state index contributed by atoms with van der Waals surface area (Å²) in [6, 6.07) is 102. The van der Waals surface area contributed by atoms with Crippen molar-refractivity contribution in [1.82, 2.24) is 13.7 Å². The zero-order valence-electron chi connectivity index (χ0n) is 69.6. The van der Waals surface area contributed by atoms with E-state index in [0.717, 1.165) is 45.3 Å². The predicted molar refractivity (Wildman–Crippen MR) is 485 cm³/mol. The fourth-order valence-electron chi connectivity index (χ4n) is 18.2. The summed E-state index contributed by atoms with van der Waals surface area (Å²) in [5.74, 6) is 0. The SMILES string of the molecule is CC(C)(C)c1cc(-c2cc(C(C)(C)C)ccc2N2c3cc(-n4c5ccccc5c5ccccc54)ccc3B3c4ccc(-n5c6ccccc6c6ccc7c(c8ccccc8n7-c7ccccc7)c65)cc4N(c4ccc(C(C)(C)C)cc4-c4cc(C(C)(C)C)cc(C(C)(C)C)c4)c4cc(C(C)(C)C)cc2c43)cc(C(C)(C)C)c1. The lowest BCUT2D eigenvalue weighted by atomic mass is 9.33. The Morgan fingerprint density at radius 1 is 0.223 bits per heavy atom. The predicted octanol–water partition coefficient (Wildman–Crippen LogP) is 27.5. The molecule has 2 aliphatic heterocycles. The third kappa shape index (κ3) is 11.8. The Balaban J connectivity index is 1.01. The van der Waals surface area contributed by atoms with E-state index in [9.17, 15) is 0 Å². The summed E-state index contributed by atoms with van der Waals surface area (Å²) in [5, 5.41) is 7.38. The molecule has 16 aromatic rings. The minimum atomic E-state index is -0.317. The molecule has 0 N–H and O–H groups in total. The van der Waals surface area contributed by atoms with Gasteiger partial charge in [0.2, 0.25) is 0 Å². The van der Waals surface area contributed by atoms with E-state index in [-0.39, 0.29) is 44.6 Å². The van der Waals surface area contributed by atoms with E-state index in [2.05, 4.69) is 430 Å². The van der Waals surface area contributed by atoms with Gasteiger partial charge in [0.1, 0.15) is 0 Å². The molecule has 5 heterocycles. The maximum Gasteiger partial charge on any atom is 0.252 e. The van der Waals surface area contributed by atoms with Crippen LogP contribution in [0.2, 0.25) is 0 Å². The second-order valence-electron chi connectivity index (χ2n) is 39.6. The van der Waals surface area contributed by atoms with Crippen LogP contribution in [-0.2, 0) is 37.9 Å². The molecule has 0 radical (unpaired) electrons. The molecule has 18 rings (SSSR count). The van der Waals surface area contributed by atoms with Crippen molar-refractivity contribution in [1.29, 1.82) is 0 Å². The highest BCUT2D eigenvalue weighted by atomic mass is 15.2. The van der Waals surface area contributed by atoms with Crippen LogP contribution in [0, 0.1) is 0 Å². The number of para-hydroxylation sites is 5. The summed E-state index contributed by atoms with van der Waals surface area (Å²) in [4.78, 5) is 5.48. The van der Waals surface area contributed by atoms with Crippen LogP contribution >= 0.6 is 0 Å². The molecule has 2 aliphatic rings. The Bertz CT molecular complexity index is 6440. The first-order valence-corrected chi connectivity index (χ1v) is 40.7. The van der Waals surface area contributed by atoms with Crippen molar-refractivity contribution >= 4 is 123 Å². The van der Waals surface area contributed by atoms with Gasteiger partial charge in [0.25, 0.3) is 6.71 Å². The van der Waals surface area contributed by atoms with Crippen molar-refractivity contribution in [3.63, 3.8) is 0 Å². The fraction of sp³-hybridized carbons (Fsp3) is 0.264. The molecule has 5 nitrogen and oxygen atoms in total. The standard InChI is InChI=1S/C106H106BN5/c1-100(2,3)67-43-50-90(82(59-67)65-53-69(102(7,8)9)57-70(54-65)103(10,11)12)111-93-63-75(109-86-39-29-25-35-77(86)78-36-26-30-40-87(78)109)45-48-84(93)107-85-49-46-76(110-88-41-31-27-37-79(88)80-47-52-92-97(99(80)110)81-38-28-32-42-89(81)108(92)74-33-23-22-24-34-74)64-94(85)112(96-62-73(106(19,20)21)61-95(111)98(96)107)91-51-44-68(101(4,5)6)60-83(91)66-55-71(104(13,14)15)58-72(56-66)105(16,17)18/h22-64H,1-21H3. The Kier molecular flexibility index (Phi) is 16.3. The molecule has 0 spiro atoms. The van der Waals surface area contributed by atoms with E-state index >= 15 is 0 Å². The molecule has 558 valence electrons. The van der Waals surface area contributed by atoms with Gasteiger partial charge in [-0.15, -0.1) is 0 Å². The molecule has 3 aromatic heterocycles. The average molecular weight is 1460 g/mol. The number of fused-ring (bicyclic) bond motifs is 14. The van der Waals surface area contributed by atoms with Crippen molar-refractivity contribution in [3.8, 4) is 39.3 Å². The largest absolute Gasteiger partial charge is 0.311 e. The molecule has 0 amide bonds. The van der Waals surface area contributed by atoms with E-state index in [1.165, 1.54) is 149 Å². The van der Waals surface area contributed by atoms with Crippen LogP contribution in [0.1, 0.15) is 184 Å². The summed E-state index contributed by atoms with van der Waals surface area (Å²) < 4.78 is 7.60. The van der Waals surface area contributed by atoms with Crippen molar-refractivity contribution in [3.05, 3.63) is 300 Å². The van der Waals surface area contributed by atoms with Crippen molar-refractivity contribution in [2.24, 2.45) is 0 Å². The highest BCUT2D eigenvalue weighted by Gasteiger charge is 2.46. The normalized spacial score (nSPS) is 13.7. The van der Waals surface area contributed by atoms with E-state index in [1.807, 2.05) is 0 Å². The lowest BCUT2D eigenvalue weighted by Crippen LogP contribution is -2.61. The minimum absolute atomic E-state index is 0.125. The molecule has 0 saturated carbocycles. The summed E-state index contributed by atoms with van der Waals surface area (Å²) in [6.07, 6.45) is 0. The average Bonchev–Trinajstić information content (AvgIpc) is 0.779. The van der Waals surface area contributed by atoms with Gasteiger partial charge in [0.15, 0.2) is 0 Å².